The fourth-order valence-corrected chi connectivity index (χ4v) is 2.40. The van der Waals surface area contributed by atoms with E-state index < -0.39 is 0 Å². The number of rotatable bonds is 2. The van der Waals surface area contributed by atoms with Crippen molar-refractivity contribution < 1.29 is 5.11 Å². The number of hydrogen-bond acceptors (Lipinski definition) is 5. The highest BCUT2D eigenvalue weighted by atomic mass is 35.5. The Morgan fingerprint density at radius 2 is 2.38 bits per heavy atom. The Morgan fingerprint density at radius 3 is 3.06 bits per heavy atom. The summed E-state index contributed by atoms with van der Waals surface area (Å²) in [5, 5.41) is 10.7. The molecule has 6 heteroatoms. The lowest BCUT2D eigenvalue weighted by atomic mass is 10.1. The van der Waals surface area contributed by atoms with Crippen LogP contribution >= 0.6 is 23.4 Å². The van der Waals surface area contributed by atoms with E-state index in [4.69, 9.17) is 11.6 Å². The molecule has 0 saturated carbocycles. The SMILES string of the molecule is CSc1nc(Cl)cc(N2CCC[C@@H](O)C2)n1. The number of aliphatic hydroxyl groups is 1. The van der Waals surface area contributed by atoms with Crippen molar-refractivity contribution in [2.45, 2.75) is 24.1 Å². The fraction of sp³-hybridized carbons (Fsp3) is 0.600. The Morgan fingerprint density at radius 1 is 1.56 bits per heavy atom. The zero-order chi connectivity index (χ0) is 11.5. The van der Waals surface area contributed by atoms with Crippen molar-refractivity contribution in [1.82, 2.24) is 9.97 Å². The van der Waals surface area contributed by atoms with Gasteiger partial charge in [-0.3, -0.25) is 0 Å². The van der Waals surface area contributed by atoms with E-state index in [1.807, 2.05) is 6.26 Å². The quantitative estimate of drug-likeness (QED) is 0.499. The van der Waals surface area contributed by atoms with E-state index in [0.717, 1.165) is 25.2 Å². The summed E-state index contributed by atoms with van der Waals surface area (Å²) in [7, 11) is 0. The third kappa shape index (κ3) is 2.78. The van der Waals surface area contributed by atoms with Crippen molar-refractivity contribution in [3.05, 3.63) is 11.2 Å². The number of halogens is 1. The second-order valence-electron chi connectivity index (χ2n) is 3.78. The number of β-amino-alcohol motifs (C(OH)–C–C–N with tert-alkyl or cyclic N) is 1. The van der Waals surface area contributed by atoms with Crippen molar-refractivity contribution in [3.8, 4) is 0 Å². The lowest BCUT2D eigenvalue weighted by Gasteiger charge is -2.31. The summed E-state index contributed by atoms with van der Waals surface area (Å²) >= 11 is 7.40. The maximum absolute atomic E-state index is 9.61. The van der Waals surface area contributed by atoms with Crippen molar-refractivity contribution in [1.29, 1.82) is 0 Å². The van der Waals surface area contributed by atoms with Crippen molar-refractivity contribution in [2.24, 2.45) is 0 Å². The van der Waals surface area contributed by atoms with E-state index in [2.05, 4.69) is 14.9 Å². The molecule has 1 saturated heterocycles. The van der Waals surface area contributed by atoms with E-state index in [-0.39, 0.29) is 6.10 Å². The summed E-state index contributed by atoms with van der Waals surface area (Å²) in [6, 6.07) is 1.75. The predicted molar refractivity (Wildman–Crippen MR) is 66.3 cm³/mol. The third-order valence-electron chi connectivity index (χ3n) is 2.56. The predicted octanol–water partition coefficient (Wildman–Crippen LogP) is 1.81. The fourth-order valence-electron chi connectivity index (χ4n) is 1.80. The molecule has 0 aliphatic carbocycles. The highest BCUT2D eigenvalue weighted by molar-refractivity contribution is 7.98. The Labute approximate surface area is 104 Å². The number of hydrogen-bond donors (Lipinski definition) is 1. The first kappa shape index (κ1) is 12.0. The molecule has 2 heterocycles. The van der Waals surface area contributed by atoms with Crippen LogP contribution in [0.5, 0.6) is 0 Å². The van der Waals surface area contributed by atoms with Crippen LogP contribution in [0.2, 0.25) is 5.15 Å². The van der Waals surface area contributed by atoms with Gasteiger partial charge in [0.2, 0.25) is 0 Å². The number of anilines is 1. The number of aromatic nitrogens is 2. The van der Waals surface area contributed by atoms with Gasteiger partial charge in [-0.1, -0.05) is 23.4 Å². The Balaban J connectivity index is 2.21. The first-order valence-corrected chi connectivity index (χ1v) is 6.81. The summed E-state index contributed by atoms with van der Waals surface area (Å²) in [6.07, 6.45) is 3.50. The molecule has 1 aliphatic rings. The number of nitrogens with zero attached hydrogens (tertiary/aromatic N) is 3. The summed E-state index contributed by atoms with van der Waals surface area (Å²) in [5.41, 5.74) is 0. The molecule has 1 aliphatic heterocycles. The van der Waals surface area contributed by atoms with Gasteiger partial charge in [-0.2, -0.15) is 0 Å². The van der Waals surface area contributed by atoms with E-state index in [1.165, 1.54) is 11.8 Å². The topological polar surface area (TPSA) is 49.2 Å². The molecule has 0 unspecified atom stereocenters. The molecule has 1 aromatic heterocycles. The van der Waals surface area contributed by atoms with Crippen molar-refractivity contribution in [2.75, 3.05) is 24.2 Å². The van der Waals surface area contributed by atoms with Crippen molar-refractivity contribution in [3.63, 3.8) is 0 Å². The minimum absolute atomic E-state index is 0.264. The zero-order valence-electron chi connectivity index (χ0n) is 9.06. The van der Waals surface area contributed by atoms with Gasteiger partial charge >= 0.3 is 0 Å². The molecule has 1 atom stereocenters. The normalized spacial score (nSPS) is 21.2. The summed E-state index contributed by atoms with van der Waals surface area (Å²) in [5.74, 6) is 0.808. The molecule has 2 rings (SSSR count). The van der Waals surface area contributed by atoms with Gasteiger partial charge in [0.05, 0.1) is 6.10 Å². The number of thioether (sulfide) groups is 1. The maximum Gasteiger partial charge on any atom is 0.190 e. The standard InChI is InChI=1S/C10H14ClN3OS/c1-16-10-12-8(11)5-9(13-10)14-4-2-3-7(15)6-14/h5,7,15H,2-4,6H2,1H3/t7-/m1/s1. The van der Waals surface area contributed by atoms with Crippen LogP contribution in [0.4, 0.5) is 5.82 Å². The molecule has 0 radical (unpaired) electrons. The van der Waals surface area contributed by atoms with Crippen LogP contribution in [0.1, 0.15) is 12.8 Å². The molecule has 1 aromatic rings. The lowest BCUT2D eigenvalue weighted by Crippen LogP contribution is -2.38. The highest BCUT2D eigenvalue weighted by Gasteiger charge is 2.19. The molecular formula is C10H14ClN3OS. The van der Waals surface area contributed by atoms with Gasteiger partial charge in [-0.15, -0.1) is 0 Å². The molecule has 0 spiro atoms. The van der Waals surface area contributed by atoms with Crippen LogP contribution in [0.3, 0.4) is 0 Å². The van der Waals surface area contributed by atoms with E-state index in [1.54, 1.807) is 6.07 Å². The Kier molecular flexibility index (Phi) is 3.89. The van der Waals surface area contributed by atoms with Gasteiger partial charge < -0.3 is 10.0 Å². The van der Waals surface area contributed by atoms with Crippen molar-refractivity contribution >= 4 is 29.2 Å². The Hall–Kier alpha value is -0.520. The highest BCUT2D eigenvalue weighted by Crippen LogP contribution is 2.23. The van der Waals surface area contributed by atoms with Gasteiger partial charge in [0.15, 0.2) is 5.16 Å². The van der Waals surface area contributed by atoms with Gasteiger partial charge in [0.25, 0.3) is 0 Å². The smallest absolute Gasteiger partial charge is 0.190 e. The van der Waals surface area contributed by atoms with Crippen LogP contribution in [0.15, 0.2) is 11.2 Å². The molecule has 88 valence electrons. The third-order valence-corrected chi connectivity index (χ3v) is 3.31. The summed E-state index contributed by atoms with van der Waals surface area (Å²) in [4.78, 5) is 10.5. The van der Waals surface area contributed by atoms with Crippen LogP contribution in [0, 0.1) is 0 Å². The zero-order valence-corrected chi connectivity index (χ0v) is 10.6. The average Bonchev–Trinajstić information content (AvgIpc) is 2.28. The second-order valence-corrected chi connectivity index (χ2v) is 4.94. The van der Waals surface area contributed by atoms with Gasteiger partial charge in [0.1, 0.15) is 11.0 Å². The molecule has 1 N–H and O–H groups in total. The number of aliphatic hydroxyl groups excluding tert-OH is 1. The summed E-state index contributed by atoms with van der Waals surface area (Å²) < 4.78 is 0. The Bertz CT molecular complexity index is 377. The minimum atomic E-state index is -0.264. The molecular weight excluding hydrogens is 246 g/mol. The molecule has 1 fully saturated rings. The molecule has 0 bridgehead atoms. The first-order valence-electron chi connectivity index (χ1n) is 5.20. The van der Waals surface area contributed by atoms with Crippen LogP contribution in [0.25, 0.3) is 0 Å². The summed E-state index contributed by atoms with van der Waals surface area (Å²) in [6.45, 7) is 1.54. The van der Waals surface area contributed by atoms with E-state index in [9.17, 15) is 5.11 Å². The van der Waals surface area contributed by atoms with Crippen LogP contribution in [-0.4, -0.2) is 40.5 Å². The van der Waals surface area contributed by atoms with Gasteiger partial charge in [0, 0.05) is 19.2 Å². The van der Waals surface area contributed by atoms with E-state index >= 15 is 0 Å². The van der Waals surface area contributed by atoms with E-state index in [0.29, 0.717) is 16.9 Å². The van der Waals surface area contributed by atoms with Crippen LogP contribution < -0.4 is 4.90 Å². The lowest BCUT2D eigenvalue weighted by molar-refractivity contribution is 0.154. The second kappa shape index (κ2) is 5.21. The minimum Gasteiger partial charge on any atom is -0.391 e. The molecule has 4 nitrogen and oxygen atoms in total. The van der Waals surface area contributed by atoms with Crippen LogP contribution in [-0.2, 0) is 0 Å². The van der Waals surface area contributed by atoms with Gasteiger partial charge in [-0.25, -0.2) is 9.97 Å². The monoisotopic (exact) mass is 259 g/mol. The largest absolute Gasteiger partial charge is 0.391 e. The molecule has 0 aromatic carbocycles. The first-order chi connectivity index (χ1) is 7.69. The van der Waals surface area contributed by atoms with Gasteiger partial charge in [-0.05, 0) is 19.1 Å². The number of piperidine rings is 1. The molecule has 16 heavy (non-hydrogen) atoms. The molecule has 0 amide bonds. The maximum atomic E-state index is 9.61. The average molecular weight is 260 g/mol.